The summed E-state index contributed by atoms with van der Waals surface area (Å²) >= 11 is 0. The van der Waals surface area contributed by atoms with Crippen LogP contribution in [0.3, 0.4) is 0 Å². The Hall–Kier alpha value is -0.380. The molecule has 3 saturated carbocycles. The van der Waals surface area contributed by atoms with Gasteiger partial charge < -0.3 is 15.3 Å². The molecule has 3 N–H and O–H groups in total. The van der Waals surface area contributed by atoms with Crippen molar-refractivity contribution in [1.29, 1.82) is 0 Å². The second-order valence-corrected chi connectivity index (χ2v) is 13.1. The lowest BCUT2D eigenvalue weighted by atomic mass is 9.46. The molecule has 0 aromatic heterocycles. The van der Waals surface area contributed by atoms with E-state index in [2.05, 4.69) is 47.6 Å². The molecule has 4 aliphatic carbocycles. The minimum absolute atomic E-state index is 0.116. The van der Waals surface area contributed by atoms with Gasteiger partial charge in [0.25, 0.3) is 0 Å². The quantitative estimate of drug-likeness (QED) is 0.441. The second kappa shape index (κ2) is 9.00. The van der Waals surface area contributed by atoms with Gasteiger partial charge in [-0.2, -0.15) is 0 Å². The zero-order valence-electron chi connectivity index (χ0n) is 21.6. The molecule has 0 saturated heterocycles. The first kappa shape index (κ1) is 24.7. The van der Waals surface area contributed by atoms with Crippen molar-refractivity contribution < 1.29 is 15.3 Å². The van der Waals surface area contributed by atoms with E-state index < -0.39 is 6.10 Å². The predicted molar refractivity (Wildman–Crippen MR) is 131 cm³/mol. The number of fused-ring (bicyclic) bond motifs is 5. The van der Waals surface area contributed by atoms with Gasteiger partial charge in [0.1, 0.15) is 0 Å². The van der Waals surface area contributed by atoms with Gasteiger partial charge in [-0.05, 0) is 97.2 Å². The fourth-order valence-electron chi connectivity index (χ4n) is 9.38. The maximum absolute atomic E-state index is 11.4. The summed E-state index contributed by atoms with van der Waals surface area (Å²) in [6.07, 6.45) is 10.7. The maximum Gasteiger partial charge on any atom is 0.0757 e. The van der Waals surface area contributed by atoms with Gasteiger partial charge in [-0.1, -0.05) is 66.0 Å². The summed E-state index contributed by atoms with van der Waals surface area (Å²) in [7, 11) is 0. The fourth-order valence-corrected chi connectivity index (χ4v) is 9.38. The summed E-state index contributed by atoms with van der Waals surface area (Å²) in [5.74, 6) is 3.51. The summed E-state index contributed by atoms with van der Waals surface area (Å²) in [6, 6.07) is 0. The highest BCUT2D eigenvalue weighted by Gasteiger charge is 2.63. The van der Waals surface area contributed by atoms with Crippen LogP contribution in [0, 0.1) is 52.3 Å². The lowest BCUT2D eigenvalue weighted by Gasteiger charge is -2.59. The van der Waals surface area contributed by atoms with Crippen LogP contribution in [0.2, 0.25) is 0 Å². The Morgan fingerprint density at radius 3 is 2.38 bits per heavy atom. The van der Waals surface area contributed by atoms with Gasteiger partial charge >= 0.3 is 0 Å². The van der Waals surface area contributed by atoms with Crippen LogP contribution in [0.1, 0.15) is 99.3 Å². The average Bonchev–Trinajstić information content (AvgIpc) is 2.99. The normalized spacial score (nSPS) is 47.9. The lowest BCUT2D eigenvalue weighted by Crippen LogP contribution is -2.55. The van der Waals surface area contributed by atoms with Crippen LogP contribution in [0.15, 0.2) is 11.6 Å². The Labute approximate surface area is 197 Å². The summed E-state index contributed by atoms with van der Waals surface area (Å²) in [6.45, 7) is 14.2. The molecule has 11 atom stereocenters. The standard InChI is InChI=1S/C29H50O3/c1-7-19(17(2)3)9-8-18(4)27-25(32)16-23-26-22(11-13-29(23,27)6)28(5)12-10-21(30)14-20(28)15-24(26)31/h15,17-19,21-27,30-32H,7-14,16H2,1-6H3/t18-,19-,21-,22+,23+,24+,25-,26-,27+,28+,29+/m1/s1. The minimum atomic E-state index is -0.426. The Morgan fingerprint density at radius 1 is 1.00 bits per heavy atom. The summed E-state index contributed by atoms with van der Waals surface area (Å²) in [5, 5.41) is 33.0. The minimum Gasteiger partial charge on any atom is -0.393 e. The van der Waals surface area contributed by atoms with E-state index in [0.717, 1.165) is 43.9 Å². The van der Waals surface area contributed by atoms with E-state index in [1.807, 2.05) is 0 Å². The molecule has 4 aliphatic rings. The molecule has 184 valence electrons. The largest absolute Gasteiger partial charge is 0.393 e. The lowest BCUT2D eigenvalue weighted by molar-refractivity contribution is -0.0989. The van der Waals surface area contributed by atoms with Crippen molar-refractivity contribution in [3.8, 4) is 0 Å². The van der Waals surface area contributed by atoms with Crippen LogP contribution in [-0.4, -0.2) is 33.6 Å². The highest BCUT2D eigenvalue weighted by Crippen LogP contribution is 2.67. The Balaban J connectivity index is 1.56. The molecule has 0 aromatic carbocycles. The molecule has 0 amide bonds. The van der Waals surface area contributed by atoms with Gasteiger partial charge in [0, 0.05) is 0 Å². The zero-order valence-corrected chi connectivity index (χ0v) is 21.6. The van der Waals surface area contributed by atoms with Gasteiger partial charge in [-0.25, -0.2) is 0 Å². The maximum atomic E-state index is 11.4. The SMILES string of the molecule is CC[C@H](CC[C@@H](C)[C@H]1[C@H](O)C[C@H]2[C@@H]3[C@@H](O)C=C4C[C@H](O)CC[C@]4(C)[C@H]3CC[C@]12C)C(C)C. The third kappa shape index (κ3) is 3.93. The Bertz CT molecular complexity index is 701. The molecule has 3 fully saturated rings. The van der Waals surface area contributed by atoms with Crippen molar-refractivity contribution >= 4 is 0 Å². The topological polar surface area (TPSA) is 60.7 Å². The van der Waals surface area contributed by atoms with E-state index in [1.165, 1.54) is 31.3 Å². The Morgan fingerprint density at radius 2 is 1.72 bits per heavy atom. The molecule has 0 heterocycles. The number of hydrogen-bond acceptors (Lipinski definition) is 3. The molecular weight excluding hydrogens is 396 g/mol. The molecule has 0 bridgehead atoms. The number of aliphatic hydroxyl groups excluding tert-OH is 3. The van der Waals surface area contributed by atoms with Crippen molar-refractivity contribution in [1.82, 2.24) is 0 Å². The zero-order chi connectivity index (χ0) is 23.4. The highest BCUT2D eigenvalue weighted by molar-refractivity contribution is 5.28. The van der Waals surface area contributed by atoms with Gasteiger partial charge in [0.2, 0.25) is 0 Å². The number of rotatable bonds is 6. The number of aliphatic hydroxyl groups is 3. The molecule has 3 heteroatoms. The smallest absolute Gasteiger partial charge is 0.0757 e. The van der Waals surface area contributed by atoms with Crippen LogP contribution >= 0.6 is 0 Å². The van der Waals surface area contributed by atoms with Crippen LogP contribution in [0.4, 0.5) is 0 Å². The Kier molecular flexibility index (Phi) is 6.96. The molecule has 0 aromatic rings. The van der Waals surface area contributed by atoms with Crippen molar-refractivity contribution in [3.63, 3.8) is 0 Å². The van der Waals surface area contributed by atoms with E-state index in [-0.39, 0.29) is 29.0 Å². The first-order valence-corrected chi connectivity index (χ1v) is 13.8. The van der Waals surface area contributed by atoms with E-state index in [0.29, 0.717) is 23.7 Å². The van der Waals surface area contributed by atoms with E-state index in [9.17, 15) is 15.3 Å². The van der Waals surface area contributed by atoms with Crippen molar-refractivity contribution in [2.75, 3.05) is 0 Å². The van der Waals surface area contributed by atoms with Gasteiger partial charge in [0.15, 0.2) is 0 Å². The summed E-state index contributed by atoms with van der Waals surface area (Å²) in [4.78, 5) is 0. The van der Waals surface area contributed by atoms with Crippen molar-refractivity contribution in [2.45, 2.75) is 118 Å². The molecule has 0 radical (unpaired) electrons. The first-order valence-electron chi connectivity index (χ1n) is 13.8. The molecular formula is C29H50O3. The first-order chi connectivity index (χ1) is 15.0. The second-order valence-electron chi connectivity index (χ2n) is 13.1. The van der Waals surface area contributed by atoms with E-state index in [1.54, 1.807) is 0 Å². The fraction of sp³-hybridized carbons (Fsp3) is 0.931. The van der Waals surface area contributed by atoms with E-state index >= 15 is 0 Å². The third-order valence-electron chi connectivity index (χ3n) is 11.3. The van der Waals surface area contributed by atoms with Crippen molar-refractivity contribution in [3.05, 3.63) is 11.6 Å². The van der Waals surface area contributed by atoms with Gasteiger partial charge in [0.05, 0.1) is 18.3 Å². The molecule has 0 spiro atoms. The summed E-state index contributed by atoms with van der Waals surface area (Å²) in [5.41, 5.74) is 1.54. The average molecular weight is 447 g/mol. The molecule has 3 nitrogen and oxygen atoms in total. The van der Waals surface area contributed by atoms with Crippen LogP contribution < -0.4 is 0 Å². The van der Waals surface area contributed by atoms with E-state index in [4.69, 9.17) is 0 Å². The predicted octanol–water partition coefficient (Wildman–Crippen LogP) is 5.97. The molecule has 4 rings (SSSR count). The van der Waals surface area contributed by atoms with Crippen LogP contribution in [0.25, 0.3) is 0 Å². The van der Waals surface area contributed by atoms with Crippen LogP contribution in [0.5, 0.6) is 0 Å². The van der Waals surface area contributed by atoms with Crippen LogP contribution in [-0.2, 0) is 0 Å². The monoisotopic (exact) mass is 446 g/mol. The highest BCUT2D eigenvalue weighted by atomic mass is 16.3. The van der Waals surface area contributed by atoms with Gasteiger partial charge in [-0.3, -0.25) is 0 Å². The number of hydrogen-bond donors (Lipinski definition) is 3. The third-order valence-corrected chi connectivity index (χ3v) is 11.3. The molecule has 32 heavy (non-hydrogen) atoms. The molecule has 0 aliphatic heterocycles. The summed E-state index contributed by atoms with van der Waals surface area (Å²) < 4.78 is 0. The molecule has 0 unspecified atom stereocenters. The van der Waals surface area contributed by atoms with Gasteiger partial charge in [-0.15, -0.1) is 0 Å². The van der Waals surface area contributed by atoms with Crippen molar-refractivity contribution in [2.24, 2.45) is 52.3 Å².